The van der Waals surface area contributed by atoms with Gasteiger partial charge in [-0.3, -0.25) is 4.79 Å². The first-order valence-corrected chi connectivity index (χ1v) is 10.8. The van der Waals surface area contributed by atoms with Crippen LogP contribution in [0.3, 0.4) is 0 Å². The summed E-state index contributed by atoms with van der Waals surface area (Å²) in [6.45, 7) is 2.16. The maximum absolute atomic E-state index is 12.9. The molecule has 3 rings (SSSR count). The van der Waals surface area contributed by atoms with Gasteiger partial charge in [0.1, 0.15) is 5.82 Å². The second-order valence-electron chi connectivity index (χ2n) is 7.42. The Hall–Kier alpha value is -2.09. The van der Waals surface area contributed by atoms with Crippen molar-refractivity contribution in [3.8, 4) is 0 Å². The number of hydrogen-bond donors (Lipinski definition) is 2. The summed E-state index contributed by atoms with van der Waals surface area (Å²) in [5.41, 5.74) is 0.846. The number of benzene rings is 1. The third kappa shape index (κ3) is 5.70. The minimum atomic E-state index is -0.363. The van der Waals surface area contributed by atoms with Crippen LogP contribution in [0.5, 0.6) is 0 Å². The van der Waals surface area contributed by atoms with Crippen molar-refractivity contribution in [1.82, 2.24) is 20.2 Å². The smallest absolute Gasteiger partial charge is 0.233 e. The highest BCUT2D eigenvalue weighted by molar-refractivity contribution is 8.00. The molecule has 0 saturated heterocycles. The first-order valence-electron chi connectivity index (χ1n) is 9.91. The van der Waals surface area contributed by atoms with E-state index in [-0.39, 0.29) is 17.0 Å². The Morgan fingerprint density at radius 2 is 2.00 bits per heavy atom. The van der Waals surface area contributed by atoms with Crippen molar-refractivity contribution in [2.75, 3.05) is 5.84 Å². The zero-order valence-electron chi connectivity index (χ0n) is 16.2. The van der Waals surface area contributed by atoms with E-state index in [2.05, 4.69) is 15.5 Å². The molecule has 0 unspecified atom stereocenters. The van der Waals surface area contributed by atoms with Crippen LogP contribution in [0.1, 0.15) is 56.8 Å². The Bertz CT molecular complexity index is 773. The van der Waals surface area contributed by atoms with E-state index in [0.717, 1.165) is 30.1 Å². The minimum absolute atomic E-state index is 0.124. The number of nitrogens with one attached hydrogen (secondary N) is 1. The number of carbonyl (C=O) groups is 1. The van der Waals surface area contributed by atoms with Gasteiger partial charge in [-0.05, 0) is 37.0 Å². The molecule has 3 N–H and O–H groups in total. The molecule has 8 heteroatoms. The molecule has 6 nitrogen and oxygen atoms in total. The second-order valence-corrected chi connectivity index (χ2v) is 8.72. The summed E-state index contributed by atoms with van der Waals surface area (Å²) in [5.74, 6) is 7.27. The van der Waals surface area contributed by atoms with Gasteiger partial charge in [0, 0.05) is 13.0 Å². The standard InChI is InChI=1S/C20H28FN5OS/c1-14(19(27)23-13-16-7-10-17(21)11-8-16)28-20-25-24-18(26(20)22)12-9-15-5-3-2-4-6-15/h7-8,10-11,14-15H,2-6,9,12-13,22H2,1H3,(H,23,27)/t14-/m1/s1. The molecule has 1 heterocycles. The summed E-state index contributed by atoms with van der Waals surface area (Å²) in [7, 11) is 0. The molecular weight excluding hydrogens is 377 g/mol. The summed E-state index contributed by atoms with van der Waals surface area (Å²) in [5, 5.41) is 11.4. The molecule has 1 aromatic heterocycles. The van der Waals surface area contributed by atoms with Crippen LogP contribution in [0.4, 0.5) is 4.39 Å². The van der Waals surface area contributed by atoms with Gasteiger partial charge in [0.2, 0.25) is 11.1 Å². The average Bonchev–Trinajstić information content (AvgIpc) is 3.06. The highest BCUT2D eigenvalue weighted by Crippen LogP contribution is 2.28. The van der Waals surface area contributed by atoms with Gasteiger partial charge in [-0.1, -0.05) is 56.0 Å². The SMILES string of the molecule is C[C@@H](Sc1nnc(CCC2CCCCC2)n1N)C(=O)NCc1ccc(F)cc1. The van der Waals surface area contributed by atoms with E-state index in [4.69, 9.17) is 5.84 Å². The summed E-state index contributed by atoms with van der Waals surface area (Å²) in [6, 6.07) is 6.07. The minimum Gasteiger partial charge on any atom is -0.351 e. The molecule has 1 aliphatic carbocycles. The number of aryl methyl sites for hydroxylation is 1. The monoisotopic (exact) mass is 405 g/mol. The van der Waals surface area contributed by atoms with Crippen LogP contribution in [0, 0.1) is 11.7 Å². The topological polar surface area (TPSA) is 85.8 Å². The Morgan fingerprint density at radius 1 is 1.29 bits per heavy atom. The van der Waals surface area contributed by atoms with Crippen molar-refractivity contribution >= 4 is 17.7 Å². The number of carbonyl (C=O) groups excluding carboxylic acids is 1. The number of rotatable bonds is 8. The first-order chi connectivity index (χ1) is 13.5. The van der Waals surface area contributed by atoms with Gasteiger partial charge in [0.15, 0.2) is 5.82 Å². The number of hydrogen-bond acceptors (Lipinski definition) is 5. The van der Waals surface area contributed by atoms with E-state index >= 15 is 0 Å². The third-order valence-electron chi connectivity index (χ3n) is 5.27. The largest absolute Gasteiger partial charge is 0.351 e. The molecule has 1 fully saturated rings. The van der Waals surface area contributed by atoms with E-state index in [1.165, 1.54) is 60.7 Å². The highest BCUT2D eigenvalue weighted by atomic mass is 32.2. The number of halogens is 1. The van der Waals surface area contributed by atoms with E-state index in [9.17, 15) is 9.18 Å². The van der Waals surface area contributed by atoms with E-state index < -0.39 is 0 Å². The predicted octanol–water partition coefficient (Wildman–Crippen LogP) is 3.44. The first kappa shape index (κ1) is 20.6. The third-order valence-corrected chi connectivity index (χ3v) is 6.32. The molecule has 1 atom stereocenters. The van der Waals surface area contributed by atoms with Gasteiger partial charge in [0.05, 0.1) is 5.25 Å². The van der Waals surface area contributed by atoms with E-state index in [0.29, 0.717) is 11.7 Å². The number of nitrogen functional groups attached to an aromatic ring is 1. The lowest BCUT2D eigenvalue weighted by Gasteiger charge is -2.20. The quantitative estimate of drug-likeness (QED) is 0.519. The fourth-order valence-electron chi connectivity index (χ4n) is 3.51. The number of amides is 1. The van der Waals surface area contributed by atoms with Crippen LogP contribution in [0.25, 0.3) is 0 Å². The molecular formula is C20H28FN5OS. The van der Waals surface area contributed by atoms with Crippen molar-refractivity contribution in [2.24, 2.45) is 5.92 Å². The lowest BCUT2D eigenvalue weighted by Crippen LogP contribution is -2.31. The summed E-state index contributed by atoms with van der Waals surface area (Å²) < 4.78 is 14.4. The van der Waals surface area contributed by atoms with Gasteiger partial charge < -0.3 is 11.2 Å². The molecule has 28 heavy (non-hydrogen) atoms. The molecule has 152 valence electrons. The average molecular weight is 406 g/mol. The van der Waals surface area contributed by atoms with E-state index in [1.807, 2.05) is 0 Å². The van der Waals surface area contributed by atoms with Gasteiger partial charge >= 0.3 is 0 Å². The molecule has 0 bridgehead atoms. The van der Waals surface area contributed by atoms with Crippen LogP contribution >= 0.6 is 11.8 Å². The van der Waals surface area contributed by atoms with Gasteiger partial charge in [-0.2, -0.15) is 0 Å². The molecule has 2 aromatic rings. The van der Waals surface area contributed by atoms with Crippen LogP contribution in [-0.4, -0.2) is 26.0 Å². The molecule has 1 amide bonds. The molecule has 1 saturated carbocycles. The molecule has 0 aliphatic heterocycles. The molecule has 0 spiro atoms. The Kier molecular flexibility index (Phi) is 7.30. The Labute approximate surface area is 169 Å². The normalized spacial score (nSPS) is 16.1. The van der Waals surface area contributed by atoms with Gasteiger partial charge in [-0.25, -0.2) is 9.07 Å². The summed E-state index contributed by atoms with van der Waals surface area (Å²) in [4.78, 5) is 12.3. The zero-order valence-corrected chi connectivity index (χ0v) is 17.1. The van der Waals surface area contributed by atoms with Crippen molar-refractivity contribution in [1.29, 1.82) is 0 Å². The summed E-state index contributed by atoms with van der Waals surface area (Å²) >= 11 is 1.29. The number of nitrogens with two attached hydrogens (primary N) is 1. The predicted molar refractivity (Wildman–Crippen MR) is 109 cm³/mol. The summed E-state index contributed by atoms with van der Waals surface area (Å²) in [6.07, 6.45) is 8.51. The number of thioether (sulfide) groups is 1. The van der Waals surface area contributed by atoms with Crippen LogP contribution < -0.4 is 11.2 Å². The van der Waals surface area contributed by atoms with Crippen molar-refractivity contribution in [2.45, 2.75) is 68.8 Å². The van der Waals surface area contributed by atoms with Crippen LogP contribution in [0.2, 0.25) is 0 Å². The Morgan fingerprint density at radius 3 is 2.71 bits per heavy atom. The maximum Gasteiger partial charge on any atom is 0.233 e. The lowest BCUT2D eigenvalue weighted by atomic mass is 9.86. The zero-order chi connectivity index (χ0) is 19.9. The highest BCUT2D eigenvalue weighted by Gasteiger charge is 2.20. The number of aromatic nitrogens is 3. The molecule has 1 aliphatic rings. The van der Waals surface area contributed by atoms with Crippen molar-refractivity contribution in [3.63, 3.8) is 0 Å². The fourth-order valence-corrected chi connectivity index (χ4v) is 4.33. The second kappa shape index (κ2) is 9.91. The number of nitrogens with zero attached hydrogens (tertiary/aromatic N) is 3. The van der Waals surface area contributed by atoms with Crippen LogP contribution in [-0.2, 0) is 17.8 Å². The van der Waals surface area contributed by atoms with E-state index in [1.54, 1.807) is 19.1 Å². The van der Waals surface area contributed by atoms with Gasteiger partial charge in [0.25, 0.3) is 0 Å². The molecule has 1 aromatic carbocycles. The lowest BCUT2D eigenvalue weighted by molar-refractivity contribution is -0.120. The van der Waals surface area contributed by atoms with Gasteiger partial charge in [-0.15, -0.1) is 10.2 Å². The molecule has 0 radical (unpaired) electrons. The maximum atomic E-state index is 12.9. The van der Waals surface area contributed by atoms with Crippen LogP contribution in [0.15, 0.2) is 29.4 Å². The fraction of sp³-hybridized carbons (Fsp3) is 0.550. The van der Waals surface area contributed by atoms with Crippen molar-refractivity contribution < 1.29 is 9.18 Å². The Balaban J connectivity index is 1.47. The van der Waals surface area contributed by atoms with Crippen molar-refractivity contribution in [3.05, 3.63) is 41.5 Å².